The highest BCUT2D eigenvalue weighted by Crippen LogP contribution is 2.18. The summed E-state index contributed by atoms with van der Waals surface area (Å²) >= 11 is 0. The normalized spacial score (nSPS) is 13.3. The van der Waals surface area contributed by atoms with Crippen LogP contribution in [-0.2, 0) is 30.5 Å². The molecule has 0 aliphatic carbocycles. The molecule has 0 saturated heterocycles. The molecule has 0 aliphatic heterocycles. The largest absolute Gasteiger partial charge is 0.481 e. The molecule has 2 amide bonds. The van der Waals surface area contributed by atoms with Crippen molar-refractivity contribution >= 4 is 29.3 Å². The number of nitrogens with one attached hydrogen (secondary N) is 2. The fraction of sp³-hybridized carbons (Fsp3) is 0.375. The Labute approximate surface area is 201 Å². The van der Waals surface area contributed by atoms with Gasteiger partial charge in [0.1, 0.15) is 24.4 Å². The minimum Gasteiger partial charge on any atom is -0.481 e. The number of pyridine rings is 1. The summed E-state index contributed by atoms with van der Waals surface area (Å²) in [7, 11) is 0. The second-order valence-electron chi connectivity index (χ2n) is 7.74. The fourth-order valence-corrected chi connectivity index (χ4v) is 3.29. The van der Waals surface area contributed by atoms with Gasteiger partial charge in [-0.1, -0.05) is 37.3 Å². The van der Waals surface area contributed by atoms with Gasteiger partial charge < -0.3 is 20.5 Å². The van der Waals surface area contributed by atoms with E-state index in [9.17, 15) is 28.4 Å². The molecule has 35 heavy (non-hydrogen) atoms. The highest BCUT2D eigenvalue weighted by atomic mass is 19.1. The summed E-state index contributed by atoms with van der Waals surface area (Å²) in [5.41, 5.74) is 0.0109. The fourth-order valence-electron chi connectivity index (χ4n) is 3.29. The first-order chi connectivity index (χ1) is 16.7. The lowest BCUT2D eigenvalue weighted by atomic mass is 10.1. The van der Waals surface area contributed by atoms with Crippen molar-refractivity contribution in [3.05, 3.63) is 64.6 Å². The predicted molar refractivity (Wildman–Crippen MR) is 125 cm³/mol. The number of carboxylic acid groups (broad SMARTS) is 1. The molecular formula is C24H28FN3O7. The summed E-state index contributed by atoms with van der Waals surface area (Å²) in [6.45, 7) is 1.76. The topological polar surface area (TPSA) is 144 Å². The van der Waals surface area contributed by atoms with E-state index in [0.717, 1.165) is 10.1 Å². The predicted octanol–water partition coefficient (Wildman–Crippen LogP) is 1.84. The number of ketones is 1. The third-order valence-electron chi connectivity index (χ3n) is 5.15. The molecule has 1 heterocycles. The first-order valence-electron chi connectivity index (χ1n) is 10.9. The van der Waals surface area contributed by atoms with Crippen molar-refractivity contribution in [2.45, 2.75) is 51.5 Å². The van der Waals surface area contributed by atoms with E-state index >= 15 is 0 Å². The van der Waals surface area contributed by atoms with E-state index in [2.05, 4.69) is 10.6 Å². The summed E-state index contributed by atoms with van der Waals surface area (Å²) in [4.78, 5) is 61.2. The van der Waals surface area contributed by atoms with Crippen molar-refractivity contribution in [2.24, 2.45) is 0 Å². The summed E-state index contributed by atoms with van der Waals surface area (Å²) in [6, 6.07) is 8.85. The van der Waals surface area contributed by atoms with Crippen molar-refractivity contribution < 1.29 is 33.4 Å². The summed E-state index contributed by atoms with van der Waals surface area (Å²) < 4.78 is 19.8. The molecular weight excluding hydrogens is 461 g/mol. The van der Waals surface area contributed by atoms with Crippen molar-refractivity contribution in [1.82, 2.24) is 9.88 Å². The minimum absolute atomic E-state index is 0.0747. The Hall–Kier alpha value is -3.86. The molecule has 2 aromatic rings. The number of ether oxygens (including phenoxy) is 1. The number of nitrogens with zero attached hydrogens (tertiary/aromatic N) is 1. The Morgan fingerprint density at radius 2 is 1.80 bits per heavy atom. The van der Waals surface area contributed by atoms with E-state index in [1.54, 1.807) is 31.2 Å². The van der Waals surface area contributed by atoms with Gasteiger partial charge >= 0.3 is 5.97 Å². The number of hydrogen-bond donors (Lipinski definition) is 3. The number of aliphatic carboxylic acids is 1. The third kappa shape index (κ3) is 7.85. The van der Waals surface area contributed by atoms with Crippen LogP contribution in [0.25, 0.3) is 0 Å². The molecule has 10 nitrogen and oxygen atoms in total. The quantitative estimate of drug-likeness (QED) is 0.389. The van der Waals surface area contributed by atoms with Crippen LogP contribution in [0.15, 0.2) is 53.5 Å². The average Bonchev–Trinajstić information content (AvgIpc) is 2.84. The van der Waals surface area contributed by atoms with Gasteiger partial charge in [-0.2, -0.15) is 0 Å². The number of hydrogen-bond acceptors (Lipinski definition) is 6. The number of carboxylic acids is 1. The maximum atomic E-state index is 13.2. The number of halogens is 1. The number of benzene rings is 1. The molecule has 0 bridgehead atoms. The summed E-state index contributed by atoms with van der Waals surface area (Å²) in [6.07, 6.45) is -0.352. The lowest BCUT2D eigenvalue weighted by Gasteiger charge is -2.27. The minimum atomic E-state index is -1.63. The Morgan fingerprint density at radius 1 is 1.11 bits per heavy atom. The molecule has 0 aliphatic rings. The van der Waals surface area contributed by atoms with Crippen molar-refractivity contribution in [1.29, 1.82) is 0 Å². The van der Waals surface area contributed by atoms with Gasteiger partial charge in [0.2, 0.25) is 11.8 Å². The summed E-state index contributed by atoms with van der Waals surface area (Å²) in [5.74, 6) is -3.86. The van der Waals surface area contributed by atoms with E-state index in [1.165, 1.54) is 25.3 Å². The van der Waals surface area contributed by atoms with Crippen LogP contribution < -0.4 is 16.2 Å². The maximum Gasteiger partial charge on any atom is 0.305 e. The lowest BCUT2D eigenvalue weighted by molar-refractivity contribution is -0.141. The Morgan fingerprint density at radius 3 is 2.40 bits per heavy atom. The molecule has 2 rings (SSSR count). The number of carbonyl (C=O) groups excluding carboxylic acids is 3. The first-order valence-corrected chi connectivity index (χ1v) is 10.9. The standard InChI is InChI=1S/C24H28FN3O7/c1-3-20(30)26-17-10-7-11-28(24(17)34)22(15(2)35-14-16-8-5-4-6-9-16)23(33)27-18(12-21(31)32)19(29)13-25/h4-11,15,18,22H,3,12-14H2,1-2H3,(H,26,30)(H,27,33)(H,31,32)/t15?,18?,22-/m0/s1. The van der Waals surface area contributed by atoms with Crippen LogP contribution in [0.2, 0.25) is 0 Å². The molecule has 0 fully saturated rings. The second-order valence-corrected chi connectivity index (χ2v) is 7.74. The van der Waals surface area contributed by atoms with E-state index in [-0.39, 0.29) is 18.7 Å². The van der Waals surface area contributed by atoms with Gasteiger partial charge in [-0.25, -0.2) is 4.39 Å². The van der Waals surface area contributed by atoms with Crippen LogP contribution in [-0.4, -0.2) is 52.1 Å². The zero-order valence-corrected chi connectivity index (χ0v) is 19.4. The maximum absolute atomic E-state index is 13.2. The van der Waals surface area contributed by atoms with Crippen molar-refractivity contribution in [2.75, 3.05) is 12.0 Å². The van der Waals surface area contributed by atoms with E-state index in [0.29, 0.717) is 0 Å². The van der Waals surface area contributed by atoms with Gasteiger partial charge in [0.25, 0.3) is 5.56 Å². The van der Waals surface area contributed by atoms with Gasteiger partial charge in [-0.05, 0) is 24.6 Å². The molecule has 1 aromatic heterocycles. The van der Waals surface area contributed by atoms with E-state index < -0.39 is 60.4 Å². The molecule has 3 N–H and O–H groups in total. The molecule has 3 atom stereocenters. The number of carbonyl (C=O) groups is 4. The molecule has 1 aromatic carbocycles. The average molecular weight is 490 g/mol. The molecule has 2 unspecified atom stereocenters. The Bertz CT molecular complexity index is 1100. The van der Waals surface area contributed by atoms with Crippen LogP contribution >= 0.6 is 0 Å². The van der Waals surface area contributed by atoms with Crippen LogP contribution in [0.1, 0.15) is 38.3 Å². The second kappa shape index (κ2) is 13.1. The number of Topliss-reactive ketones (excluding diaryl/α,β-unsaturated/α-hetero) is 1. The van der Waals surface area contributed by atoms with E-state index in [4.69, 9.17) is 9.84 Å². The van der Waals surface area contributed by atoms with Crippen LogP contribution in [0, 0.1) is 0 Å². The highest BCUT2D eigenvalue weighted by Gasteiger charge is 2.33. The molecule has 0 radical (unpaired) electrons. The molecule has 0 spiro atoms. The molecule has 0 saturated carbocycles. The highest BCUT2D eigenvalue weighted by molar-refractivity contribution is 5.94. The van der Waals surface area contributed by atoms with Crippen molar-refractivity contribution in [3.8, 4) is 0 Å². The smallest absolute Gasteiger partial charge is 0.305 e. The number of amides is 2. The third-order valence-corrected chi connectivity index (χ3v) is 5.15. The number of anilines is 1. The van der Waals surface area contributed by atoms with Gasteiger partial charge in [-0.15, -0.1) is 0 Å². The van der Waals surface area contributed by atoms with Crippen LogP contribution in [0.5, 0.6) is 0 Å². The van der Waals surface area contributed by atoms with Crippen molar-refractivity contribution in [3.63, 3.8) is 0 Å². The Balaban J connectivity index is 2.42. The van der Waals surface area contributed by atoms with Gasteiger partial charge in [0.05, 0.1) is 19.1 Å². The number of aromatic nitrogens is 1. The first kappa shape index (κ1) is 27.4. The number of alkyl halides is 1. The Kier molecular flexibility index (Phi) is 10.3. The lowest BCUT2D eigenvalue weighted by Crippen LogP contribution is -2.50. The molecule has 11 heteroatoms. The van der Waals surface area contributed by atoms with E-state index in [1.807, 2.05) is 6.07 Å². The zero-order chi connectivity index (χ0) is 26.0. The monoisotopic (exact) mass is 489 g/mol. The number of rotatable bonds is 13. The molecule has 188 valence electrons. The van der Waals surface area contributed by atoms with Gasteiger partial charge in [-0.3, -0.25) is 28.5 Å². The van der Waals surface area contributed by atoms with Crippen LogP contribution in [0.3, 0.4) is 0 Å². The van der Waals surface area contributed by atoms with Gasteiger partial charge in [0, 0.05) is 12.6 Å². The van der Waals surface area contributed by atoms with Gasteiger partial charge in [0.15, 0.2) is 5.78 Å². The SMILES string of the molecule is CCC(=O)Nc1cccn([C@H](C(=O)NC(CC(=O)O)C(=O)CF)C(C)OCc2ccccc2)c1=O. The zero-order valence-electron chi connectivity index (χ0n) is 19.4. The van der Waals surface area contributed by atoms with Crippen LogP contribution in [0.4, 0.5) is 10.1 Å². The summed E-state index contributed by atoms with van der Waals surface area (Å²) in [5, 5.41) is 13.8.